The van der Waals surface area contributed by atoms with E-state index >= 15 is 0 Å². The third-order valence-corrected chi connectivity index (χ3v) is 6.60. The smallest absolute Gasteiger partial charge is 0.0905 e. The first-order chi connectivity index (χ1) is 11.5. The van der Waals surface area contributed by atoms with Gasteiger partial charge in [0.25, 0.3) is 0 Å². The van der Waals surface area contributed by atoms with Crippen molar-refractivity contribution in [2.45, 2.75) is 65.0 Å². The standard InChI is InChI=1S/C21H30N2/c1-16-9-7-8-12-19(16)23-15-22-14-13-21(3,20(22)17(23)2)18-10-5-4-6-11-18/h7-9,12-14,17-18,20H,4-6,10-11,15H2,1-3H3/t17-,20?,21?/m0/s1/i15D/t15?,17-,20?,21?. The highest BCUT2D eigenvalue weighted by Gasteiger charge is 2.52. The molecule has 0 aromatic heterocycles. The van der Waals surface area contributed by atoms with Crippen molar-refractivity contribution in [3.63, 3.8) is 0 Å². The summed E-state index contributed by atoms with van der Waals surface area (Å²) >= 11 is 0. The molecule has 0 N–H and O–H groups in total. The number of hydrogen-bond donors (Lipinski definition) is 0. The van der Waals surface area contributed by atoms with Gasteiger partial charge < -0.3 is 9.80 Å². The third-order valence-electron chi connectivity index (χ3n) is 6.60. The first-order valence-electron chi connectivity index (χ1n) is 9.85. The number of rotatable bonds is 2. The van der Waals surface area contributed by atoms with Gasteiger partial charge in [-0.2, -0.15) is 0 Å². The normalized spacial score (nSPS) is 38.0. The first-order valence-corrected chi connectivity index (χ1v) is 9.27. The van der Waals surface area contributed by atoms with Crippen molar-refractivity contribution in [3.8, 4) is 0 Å². The predicted octanol–water partition coefficient (Wildman–Crippen LogP) is 4.95. The first kappa shape index (κ1) is 13.9. The van der Waals surface area contributed by atoms with Crippen LogP contribution in [0.5, 0.6) is 0 Å². The van der Waals surface area contributed by atoms with Gasteiger partial charge >= 0.3 is 0 Å². The fourth-order valence-corrected chi connectivity index (χ4v) is 5.28. The third kappa shape index (κ3) is 2.29. The van der Waals surface area contributed by atoms with Crippen LogP contribution in [0.4, 0.5) is 5.69 Å². The van der Waals surface area contributed by atoms with Gasteiger partial charge in [0.05, 0.1) is 14.1 Å². The van der Waals surface area contributed by atoms with Gasteiger partial charge in [0, 0.05) is 17.1 Å². The summed E-state index contributed by atoms with van der Waals surface area (Å²) in [7, 11) is 0. The van der Waals surface area contributed by atoms with Gasteiger partial charge in [0.1, 0.15) is 0 Å². The highest BCUT2D eigenvalue weighted by Crippen LogP contribution is 2.51. The number of para-hydroxylation sites is 1. The van der Waals surface area contributed by atoms with Gasteiger partial charge in [-0.1, -0.05) is 50.5 Å². The minimum atomic E-state index is -0.312. The lowest BCUT2D eigenvalue weighted by Crippen LogP contribution is -2.46. The number of aryl methyl sites for hydroxylation is 1. The number of nitrogens with zero attached hydrogens (tertiary/aromatic N) is 2. The molecule has 2 heterocycles. The Morgan fingerprint density at radius 2 is 1.91 bits per heavy atom. The molecule has 1 aromatic carbocycles. The molecule has 23 heavy (non-hydrogen) atoms. The van der Waals surface area contributed by atoms with E-state index in [-0.39, 0.29) is 12.1 Å². The van der Waals surface area contributed by atoms with Crippen molar-refractivity contribution in [1.29, 1.82) is 0 Å². The SMILES string of the molecule is [2H]C1N2C=CC(C)(C3CCCCC3)C2[C@H](C)N1c1ccccc1C. The van der Waals surface area contributed by atoms with E-state index in [1.165, 1.54) is 43.4 Å². The summed E-state index contributed by atoms with van der Waals surface area (Å²) < 4.78 is 8.87. The molecule has 4 rings (SSSR count). The topological polar surface area (TPSA) is 6.48 Å². The van der Waals surface area contributed by atoms with E-state index in [1.54, 1.807) is 0 Å². The van der Waals surface area contributed by atoms with E-state index in [2.05, 4.69) is 67.1 Å². The molecule has 0 amide bonds. The molecule has 0 bridgehead atoms. The molecule has 1 aromatic rings. The number of benzene rings is 1. The van der Waals surface area contributed by atoms with Crippen LogP contribution in [0.1, 0.15) is 52.9 Å². The molecular formula is C21H30N2. The van der Waals surface area contributed by atoms with Crippen LogP contribution in [0.2, 0.25) is 0 Å². The number of hydrogen-bond acceptors (Lipinski definition) is 2. The molecule has 2 nitrogen and oxygen atoms in total. The molecule has 0 spiro atoms. The summed E-state index contributed by atoms with van der Waals surface area (Å²) in [5.74, 6) is 0.768. The molecule has 3 aliphatic rings. The van der Waals surface area contributed by atoms with E-state index in [1.807, 2.05) is 0 Å². The van der Waals surface area contributed by atoms with Crippen LogP contribution in [0.15, 0.2) is 36.5 Å². The zero-order chi connectivity index (χ0) is 16.9. The van der Waals surface area contributed by atoms with Crippen LogP contribution >= 0.6 is 0 Å². The second-order valence-electron chi connectivity index (χ2n) is 7.96. The highest BCUT2D eigenvalue weighted by molar-refractivity contribution is 5.55. The largest absolute Gasteiger partial charge is 0.354 e. The molecular weight excluding hydrogens is 280 g/mol. The van der Waals surface area contributed by atoms with E-state index in [0.717, 1.165) is 5.92 Å². The Bertz CT molecular complexity index is 636. The summed E-state index contributed by atoms with van der Waals surface area (Å²) in [6, 6.07) is 9.30. The van der Waals surface area contributed by atoms with E-state index in [9.17, 15) is 0 Å². The van der Waals surface area contributed by atoms with Gasteiger partial charge in [-0.05, 0) is 50.4 Å². The van der Waals surface area contributed by atoms with Crippen molar-refractivity contribution in [2.75, 3.05) is 11.5 Å². The maximum Gasteiger partial charge on any atom is 0.0905 e. The fourth-order valence-electron chi connectivity index (χ4n) is 5.28. The Morgan fingerprint density at radius 3 is 2.65 bits per heavy atom. The van der Waals surface area contributed by atoms with Crippen molar-refractivity contribution in [1.82, 2.24) is 4.90 Å². The zero-order valence-electron chi connectivity index (χ0n) is 15.7. The summed E-state index contributed by atoms with van der Waals surface area (Å²) in [4.78, 5) is 4.64. The average molecular weight is 311 g/mol. The van der Waals surface area contributed by atoms with Crippen LogP contribution in [0.25, 0.3) is 0 Å². The fraction of sp³-hybridized carbons (Fsp3) is 0.619. The van der Waals surface area contributed by atoms with Crippen LogP contribution in [0.3, 0.4) is 0 Å². The molecule has 1 aliphatic carbocycles. The Hall–Kier alpha value is -1.44. The molecule has 2 heteroatoms. The molecule has 2 aliphatic heterocycles. The zero-order valence-corrected chi connectivity index (χ0v) is 14.7. The lowest BCUT2D eigenvalue weighted by atomic mass is 9.65. The average Bonchev–Trinajstić information content (AvgIpc) is 3.07. The van der Waals surface area contributed by atoms with Gasteiger partial charge in [-0.15, -0.1) is 0 Å². The van der Waals surface area contributed by atoms with Crippen LogP contribution in [-0.2, 0) is 0 Å². The maximum absolute atomic E-state index is 8.87. The second-order valence-corrected chi connectivity index (χ2v) is 7.96. The molecule has 0 radical (unpaired) electrons. The van der Waals surface area contributed by atoms with Crippen LogP contribution < -0.4 is 4.90 Å². The Kier molecular flexibility index (Phi) is 3.38. The molecule has 3 unspecified atom stereocenters. The maximum atomic E-state index is 8.87. The van der Waals surface area contributed by atoms with Gasteiger partial charge in [0.2, 0.25) is 0 Å². The molecule has 1 saturated heterocycles. The Balaban J connectivity index is 1.68. The van der Waals surface area contributed by atoms with Crippen LogP contribution in [-0.4, -0.2) is 23.6 Å². The lowest BCUT2D eigenvalue weighted by Gasteiger charge is -2.42. The highest BCUT2D eigenvalue weighted by atomic mass is 15.4. The second kappa shape index (κ2) is 5.58. The quantitative estimate of drug-likeness (QED) is 0.763. The lowest BCUT2D eigenvalue weighted by molar-refractivity contribution is 0.114. The summed E-state index contributed by atoms with van der Waals surface area (Å²) in [5, 5.41) is 0. The number of anilines is 1. The van der Waals surface area contributed by atoms with Gasteiger partial charge in [0.15, 0.2) is 0 Å². The van der Waals surface area contributed by atoms with Crippen molar-refractivity contribution in [3.05, 3.63) is 42.1 Å². The Labute approximate surface area is 142 Å². The summed E-state index contributed by atoms with van der Waals surface area (Å²) in [6.07, 6.45) is 11.5. The number of fused-ring (bicyclic) bond motifs is 1. The molecule has 1 saturated carbocycles. The van der Waals surface area contributed by atoms with Crippen molar-refractivity contribution >= 4 is 5.69 Å². The predicted molar refractivity (Wildman–Crippen MR) is 97.4 cm³/mol. The molecule has 4 atom stereocenters. The van der Waals surface area contributed by atoms with E-state index < -0.39 is 0 Å². The van der Waals surface area contributed by atoms with E-state index in [0.29, 0.717) is 12.1 Å². The molecule has 124 valence electrons. The Morgan fingerprint density at radius 1 is 1.17 bits per heavy atom. The molecule has 2 fully saturated rings. The van der Waals surface area contributed by atoms with Gasteiger partial charge in [-0.3, -0.25) is 0 Å². The minimum Gasteiger partial charge on any atom is -0.354 e. The summed E-state index contributed by atoms with van der Waals surface area (Å²) in [5.41, 5.74) is 2.70. The minimum absolute atomic E-state index is 0.205. The summed E-state index contributed by atoms with van der Waals surface area (Å²) in [6.45, 7) is 6.63. The monoisotopic (exact) mass is 311 g/mol. The van der Waals surface area contributed by atoms with Crippen molar-refractivity contribution < 1.29 is 1.37 Å². The van der Waals surface area contributed by atoms with Crippen molar-refractivity contribution in [2.24, 2.45) is 11.3 Å². The van der Waals surface area contributed by atoms with Crippen LogP contribution in [0, 0.1) is 18.3 Å². The van der Waals surface area contributed by atoms with Gasteiger partial charge in [-0.25, -0.2) is 0 Å². The van der Waals surface area contributed by atoms with E-state index in [4.69, 9.17) is 1.37 Å².